The minimum absolute atomic E-state index is 0.784. The standard InChI is InChI=1S/C19H29N/c1-6-7-18-10-11-20(13-16(18)4)17(5)19-9-8-14(2)15(3)12-19/h8-9,12,16,18H,5-7,10-11,13H2,1-4H3. The van der Waals surface area contributed by atoms with Crippen LogP contribution in [0.5, 0.6) is 0 Å². The molecule has 0 saturated carbocycles. The van der Waals surface area contributed by atoms with Crippen molar-refractivity contribution in [2.75, 3.05) is 13.1 Å². The summed E-state index contributed by atoms with van der Waals surface area (Å²) < 4.78 is 0. The number of rotatable bonds is 4. The highest BCUT2D eigenvalue weighted by Crippen LogP contribution is 2.31. The molecule has 0 aromatic heterocycles. The molecular formula is C19H29N. The van der Waals surface area contributed by atoms with Crippen LogP contribution in [0.1, 0.15) is 49.8 Å². The van der Waals surface area contributed by atoms with Gasteiger partial charge in [-0.1, -0.05) is 45.4 Å². The van der Waals surface area contributed by atoms with Crippen molar-refractivity contribution >= 4 is 5.70 Å². The lowest BCUT2D eigenvalue weighted by atomic mass is 9.83. The summed E-state index contributed by atoms with van der Waals surface area (Å²) in [5.74, 6) is 1.69. The second kappa shape index (κ2) is 6.47. The van der Waals surface area contributed by atoms with E-state index in [1.807, 2.05) is 0 Å². The first-order valence-corrected chi connectivity index (χ1v) is 8.04. The van der Waals surface area contributed by atoms with Crippen molar-refractivity contribution < 1.29 is 0 Å². The zero-order chi connectivity index (χ0) is 14.7. The molecule has 1 saturated heterocycles. The van der Waals surface area contributed by atoms with Crippen LogP contribution in [0.2, 0.25) is 0 Å². The van der Waals surface area contributed by atoms with Gasteiger partial charge in [0.15, 0.2) is 0 Å². The van der Waals surface area contributed by atoms with Gasteiger partial charge in [-0.25, -0.2) is 0 Å². The van der Waals surface area contributed by atoms with E-state index < -0.39 is 0 Å². The minimum Gasteiger partial charge on any atom is -0.371 e. The van der Waals surface area contributed by atoms with Gasteiger partial charge in [-0.2, -0.15) is 0 Å². The normalized spacial score (nSPS) is 22.9. The maximum Gasteiger partial charge on any atom is 0.0366 e. The van der Waals surface area contributed by atoms with Crippen LogP contribution in [-0.4, -0.2) is 18.0 Å². The summed E-state index contributed by atoms with van der Waals surface area (Å²) in [6, 6.07) is 6.71. The molecule has 20 heavy (non-hydrogen) atoms. The molecule has 1 heterocycles. The smallest absolute Gasteiger partial charge is 0.0366 e. The number of hydrogen-bond donors (Lipinski definition) is 0. The van der Waals surface area contributed by atoms with Crippen molar-refractivity contribution in [3.8, 4) is 0 Å². The highest BCUT2D eigenvalue weighted by molar-refractivity contribution is 5.63. The van der Waals surface area contributed by atoms with Gasteiger partial charge in [0.2, 0.25) is 0 Å². The molecule has 0 spiro atoms. The Morgan fingerprint density at radius 3 is 2.65 bits per heavy atom. The summed E-state index contributed by atoms with van der Waals surface area (Å²) in [5.41, 5.74) is 5.21. The number of benzene rings is 1. The van der Waals surface area contributed by atoms with Gasteiger partial charge in [0, 0.05) is 18.8 Å². The third kappa shape index (κ3) is 3.26. The van der Waals surface area contributed by atoms with E-state index in [0.717, 1.165) is 18.4 Å². The van der Waals surface area contributed by atoms with Gasteiger partial charge in [-0.05, 0) is 54.9 Å². The molecule has 110 valence electrons. The second-order valence-electron chi connectivity index (χ2n) is 6.51. The molecule has 1 aromatic rings. The Morgan fingerprint density at radius 2 is 2.05 bits per heavy atom. The van der Waals surface area contributed by atoms with Crippen molar-refractivity contribution in [2.45, 2.75) is 47.0 Å². The highest BCUT2D eigenvalue weighted by atomic mass is 15.1. The molecule has 0 radical (unpaired) electrons. The molecule has 2 atom stereocenters. The maximum atomic E-state index is 4.35. The number of aryl methyl sites for hydroxylation is 2. The minimum atomic E-state index is 0.784. The van der Waals surface area contributed by atoms with E-state index in [1.165, 1.54) is 48.2 Å². The van der Waals surface area contributed by atoms with E-state index in [1.54, 1.807) is 0 Å². The van der Waals surface area contributed by atoms with Crippen LogP contribution in [0.25, 0.3) is 5.70 Å². The molecule has 0 N–H and O–H groups in total. The Balaban J connectivity index is 2.05. The molecule has 0 aliphatic carbocycles. The molecule has 1 aliphatic heterocycles. The van der Waals surface area contributed by atoms with Gasteiger partial charge < -0.3 is 4.90 Å². The predicted molar refractivity (Wildman–Crippen MR) is 88.7 cm³/mol. The van der Waals surface area contributed by atoms with Gasteiger partial charge >= 0.3 is 0 Å². The molecular weight excluding hydrogens is 242 g/mol. The summed E-state index contributed by atoms with van der Waals surface area (Å²) in [7, 11) is 0. The van der Waals surface area contributed by atoms with E-state index in [4.69, 9.17) is 0 Å². The second-order valence-corrected chi connectivity index (χ2v) is 6.51. The average Bonchev–Trinajstić information content (AvgIpc) is 2.43. The van der Waals surface area contributed by atoms with Gasteiger partial charge in [-0.3, -0.25) is 0 Å². The largest absolute Gasteiger partial charge is 0.371 e. The zero-order valence-electron chi connectivity index (χ0n) is 13.6. The van der Waals surface area contributed by atoms with E-state index >= 15 is 0 Å². The molecule has 1 fully saturated rings. The van der Waals surface area contributed by atoms with Crippen molar-refractivity contribution in [3.63, 3.8) is 0 Å². The van der Waals surface area contributed by atoms with Crippen LogP contribution in [0, 0.1) is 25.7 Å². The Kier molecular flexibility index (Phi) is 4.91. The van der Waals surface area contributed by atoms with E-state index in [0.29, 0.717) is 0 Å². The fraction of sp³-hybridized carbons (Fsp3) is 0.579. The van der Waals surface area contributed by atoms with Crippen molar-refractivity contribution in [1.82, 2.24) is 4.90 Å². The SMILES string of the molecule is C=C(c1ccc(C)c(C)c1)N1CCC(CCC)C(C)C1. The summed E-state index contributed by atoms with van der Waals surface area (Å²) in [4.78, 5) is 2.49. The van der Waals surface area contributed by atoms with E-state index in [-0.39, 0.29) is 0 Å². The average molecular weight is 271 g/mol. The van der Waals surface area contributed by atoms with Gasteiger partial charge in [0.1, 0.15) is 0 Å². The fourth-order valence-electron chi connectivity index (χ4n) is 3.34. The summed E-state index contributed by atoms with van der Waals surface area (Å²) in [6.45, 7) is 15.7. The van der Waals surface area contributed by atoms with Crippen LogP contribution in [0.15, 0.2) is 24.8 Å². The third-order valence-electron chi connectivity index (χ3n) is 4.96. The molecule has 0 amide bonds. The third-order valence-corrected chi connectivity index (χ3v) is 4.96. The van der Waals surface area contributed by atoms with Gasteiger partial charge in [0.25, 0.3) is 0 Å². The van der Waals surface area contributed by atoms with Crippen LogP contribution in [0.4, 0.5) is 0 Å². The van der Waals surface area contributed by atoms with E-state index in [2.05, 4.69) is 57.4 Å². The summed E-state index contributed by atoms with van der Waals surface area (Å²) in [6.07, 6.45) is 4.01. The van der Waals surface area contributed by atoms with Crippen LogP contribution in [0.3, 0.4) is 0 Å². The van der Waals surface area contributed by atoms with E-state index in [9.17, 15) is 0 Å². The molecule has 1 aliphatic rings. The molecule has 1 heteroatoms. The first-order chi connectivity index (χ1) is 9.52. The maximum absolute atomic E-state index is 4.35. The highest BCUT2D eigenvalue weighted by Gasteiger charge is 2.26. The predicted octanol–water partition coefficient (Wildman–Crippen LogP) is 5.03. The van der Waals surface area contributed by atoms with Gasteiger partial charge in [0.05, 0.1) is 0 Å². The molecule has 2 unspecified atom stereocenters. The monoisotopic (exact) mass is 271 g/mol. The Bertz CT molecular complexity index is 475. The number of nitrogens with zero attached hydrogens (tertiary/aromatic N) is 1. The lowest BCUT2D eigenvalue weighted by Gasteiger charge is -2.39. The van der Waals surface area contributed by atoms with Crippen molar-refractivity contribution in [1.29, 1.82) is 0 Å². The Labute approximate surface area is 124 Å². The molecule has 0 bridgehead atoms. The van der Waals surface area contributed by atoms with Gasteiger partial charge in [-0.15, -0.1) is 0 Å². The lowest BCUT2D eigenvalue weighted by Crippen LogP contribution is -2.37. The Morgan fingerprint density at radius 1 is 1.30 bits per heavy atom. The number of piperidine rings is 1. The first kappa shape index (κ1) is 15.2. The zero-order valence-corrected chi connectivity index (χ0v) is 13.6. The topological polar surface area (TPSA) is 3.24 Å². The molecule has 2 rings (SSSR count). The number of likely N-dealkylation sites (tertiary alicyclic amines) is 1. The lowest BCUT2D eigenvalue weighted by molar-refractivity contribution is 0.173. The molecule has 1 nitrogen and oxygen atoms in total. The molecule has 1 aromatic carbocycles. The van der Waals surface area contributed by atoms with Crippen LogP contribution >= 0.6 is 0 Å². The summed E-state index contributed by atoms with van der Waals surface area (Å²) >= 11 is 0. The van der Waals surface area contributed by atoms with Crippen LogP contribution in [-0.2, 0) is 0 Å². The Hall–Kier alpha value is -1.24. The van der Waals surface area contributed by atoms with Crippen molar-refractivity contribution in [2.24, 2.45) is 11.8 Å². The quantitative estimate of drug-likeness (QED) is 0.742. The van der Waals surface area contributed by atoms with Crippen LogP contribution < -0.4 is 0 Å². The summed E-state index contributed by atoms with van der Waals surface area (Å²) in [5, 5.41) is 0. The first-order valence-electron chi connectivity index (χ1n) is 8.04. The van der Waals surface area contributed by atoms with Crippen molar-refractivity contribution in [3.05, 3.63) is 41.5 Å². The number of hydrogen-bond acceptors (Lipinski definition) is 1. The fourth-order valence-corrected chi connectivity index (χ4v) is 3.34.